The predicted molar refractivity (Wildman–Crippen MR) is 94.7 cm³/mol. The Bertz CT molecular complexity index is 790. The van der Waals surface area contributed by atoms with Gasteiger partial charge in [-0.05, 0) is 62.1 Å². The van der Waals surface area contributed by atoms with Crippen LogP contribution in [0, 0.1) is 5.92 Å². The molecule has 0 unspecified atom stereocenters. The van der Waals surface area contributed by atoms with E-state index in [2.05, 4.69) is 44.7 Å². The van der Waals surface area contributed by atoms with Crippen LogP contribution in [0.1, 0.15) is 39.5 Å². The van der Waals surface area contributed by atoms with E-state index >= 15 is 0 Å². The molecule has 0 bridgehead atoms. The van der Waals surface area contributed by atoms with Crippen LogP contribution in [0.2, 0.25) is 0 Å². The molecule has 2 aliphatic rings. The topological polar surface area (TPSA) is 97.5 Å². The Labute approximate surface area is 152 Å². The highest BCUT2D eigenvalue weighted by molar-refractivity contribution is 5.79. The smallest absolute Gasteiger partial charge is 0.225 e. The first-order valence-corrected chi connectivity index (χ1v) is 9.25. The molecular weight excluding hydrogens is 334 g/mol. The Morgan fingerprint density at radius 1 is 1.35 bits per heavy atom. The largest absolute Gasteiger partial charge is 0.375 e. The van der Waals surface area contributed by atoms with Crippen molar-refractivity contribution in [1.29, 1.82) is 0 Å². The lowest BCUT2D eigenvalue weighted by Gasteiger charge is -2.37. The van der Waals surface area contributed by atoms with Gasteiger partial charge in [0.15, 0.2) is 11.5 Å². The van der Waals surface area contributed by atoms with E-state index in [1.807, 2.05) is 12.1 Å². The molecule has 9 heteroatoms. The molecule has 2 fully saturated rings. The van der Waals surface area contributed by atoms with Crippen molar-refractivity contribution in [1.82, 2.24) is 30.6 Å². The van der Waals surface area contributed by atoms with Crippen LogP contribution < -0.4 is 10.2 Å². The van der Waals surface area contributed by atoms with E-state index in [0.717, 1.165) is 38.0 Å². The molecule has 2 aromatic rings. The number of hydrogen-bond donors (Lipinski definition) is 1. The van der Waals surface area contributed by atoms with Gasteiger partial charge in [0.2, 0.25) is 5.91 Å². The highest BCUT2D eigenvalue weighted by Crippen LogP contribution is 2.26. The number of carbonyl (C=O) groups is 1. The number of piperidine rings is 1. The quantitative estimate of drug-likeness (QED) is 0.866. The second-order valence-corrected chi connectivity index (χ2v) is 7.81. The van der Waals surface area contributed by atoms with Crippen molar-refractivity contribution in [2.24, 2.45) is 5.92 Å². The number of tetrazole rings is 1. The van der Waals surface area contributed by atoms with Crippen LogP contribution in [0.15, 0.2) is 12.1 Å². The molecule has 2 aromatic heterocycles. The van der Waals surface area contributed by atoms with Gasteiger partial charge in [-0.3, -0.25) is 4.79 Å². The average molecular weight is 359 g/mol. The normalized spacial score (nSPS) is 26.0. The summed E-state index contributed by atoms with van der Waals surface area (Å²) in [6.07, 6.45) is 3.60. The maximum absolute atomic E-state index is 12.8. The van der Waals surface area contributed by atoms with Crippen LogP contribution in [0.25, 0.3) is 5.65 Å². The fourth-order valence-electron chi connectivity index (χ4n) is 3.88. The third-order valence-corrected chi connectivity index (χ3v) is 5.22. The first-order chi connectivity index (χ1) is 12.5. The molecule has 0 aliphatic carbocycles. The summed E-state index contributed by atoms with van der Waals surface area (Å²) >= 11 is 0. The monoisotopic (exact) mass is 359 g/mol. The molecule has 4 heterocycles. The van der Waals surface area contributed by atoms with Gasteiger partial charge >= 0.3 is 0 Å². The van der Waals surface area contributed by atoms with Crippen molar-refractivity contribution in [3.05, 3.63) is 12.1 Å². The molecule has 1 amide bonds. The molecule has 2 saturated heterocycles. The summed E-state index contributed by atoms with van der Waals surface area (Å²) in [7, 11) is 0. The standard InChI is InChI=1S/C17H25N7O2/c1-17(2)10-13(7-9-26-17)18-16(25)12-4-3-8-23(11-12)15-6-5-14-19-21-22-24(14)20-15/h5-6,12-13H,3-4,7-11H2,1-2H3,(H,18,25)/t12-,13-/m1/s1. The van der Waals surface area contributed by atoms with Gasteiger partial charge in [0.1, 0.15) is 0 Å². The van der Waals surface area contributed by atoms with E-state index < -0.39 is 0 Å². The van der Waals surface area contributed by atoms with Crippen molar-refractivity contribution in [2.75, 3.05) is 24.6 Å². The van der Waals surface area contributed by atoms with Gasteiger partial charge in [0, 0.05) is 25.7 Å². The van der Waals surface area contributed by atoms with Gasteiger partial charge in [-0.1, -0.05) is 0 Å². The summed E-state index contributed by atoms with van der Waals surface area (Å²) in [6.45, 7) is 6.40. The minimum atomic E-state index is -0.167. The van der Waals surface area contributed by atoms with Crippen molar-refractivity contribution in [3.63, 3.8) is 0 Å². The van der Waals surface area contributed by atoms with Crippen molar-refractivity contribution in [3.8, 4) is 0 Å². The Morgan fingerprint density at radius 2 is 2.23 bits per heavy atom. The van der Waals surface area contributed by atoms with Crippen LogP contribution in [0.5, 0.6) is 0 Å². The zero-order chi connectivity index (χ0) is 18.1. The molecule has 140 valence electrons. The van der Waals surface area contributed by atoms with Crippen LogP contribution >= 0.6 is 0 Å². The first-order valence-electron chi connectivity index (χ1n) is 9.25. The number of ether oxygens (including phenoxy) is 1. The van der Waals surface area contributed by atoms with Crippen molar-refractivity contribution in [2.45, 2.75) is 51.2 Å². The third-order valence-electron chi connectivity index (χ3n) is 5.22. The summed E-state index contributed by atoms with van der Waals surface area (Å²) in [5, 5.41) is 19.0. The molecule has 0 radical (unpaired) electrons. The zero-order valence-corrected chi connectivity index (χ0v) is 15.3. The highest BCUT2D eigenvalue weighted by atomic mass is 16.5. The minimum Gasteiger partial charge on any atom is -0.375 e. The SMILES string of the molecule is CC1(C)C[C@H](NC(=O)[C@@H]2CCCN(c3ccc4nnnn4n3)C2)CCO1. The minimum absolute atomic E-state index is 0.0268. The Hall–Kier alpha value is -2.29. The number of rotatable bonds is 3. The summed E-state index contributed by atoms with van der Waals surface area (Å²) < 4.78 is 7.16. The van der Waals surface area contributed by atoms with Gasteiger partial charge in [0.25, 0.3) is 0 Å². The van der Waals surface area contributed by atoms with E-state index in [-0.39, 0.29) is 23.5 Å². The number of nitrogens with zero attached hydrogens (tertiary/aromatic N) is 6. The second kappa shape index (κ2) is 6.79. The number of fused-ring (bicyclic) bond motifs is 1. The maximum atomic E-state index is 12.8. The fourth-order valence-corrected chi connectivity index (χ4v) is 3.88. The van der Waals surface area contributed by atoms with Crippen LogP contribution in [-0.4, -0.2) is 62.5 Å². The number of nitrogens with one attached hydrogen (secondary N) is 1. The summed E-state index contributed by atoms with van der Waals surface area (Å²) in [5.41, 5.74) is 0.446. The molecule has 0 aromatic carbocycles. The molecule has 0 saturated carbocycles. The predicted octanol–water partition coefficient (Wildman–Crippen LogP) is 0.809. The number of aromatic nitrogens is 5. The van der Waals surface area contributed by atoms with E-state index in [1.54, 1.807) is 0 Å². The maximum Gasteiger partial charge on any atom is 0.225 e. The lowest BCUT2D eigenvalue weighted by molar-refractivity contribution is -0.128. The molecule has 2 atom stereocenters. The van der Waals surface area contributed by atoms with Gasteiger partial charge in [-0.2, -0.15) is 0 Å². The fraction of sp³-hybridized carbons (Fsp3) is 0.706. The molecular formula is C17H25N7O2. The number of carbonyl (C=O) groups excluding carboxylic acids is 1. The summed E-state index contributed by atoms with van der Waals surface area (Å²) in [6, 6.07) is 3.95. The lowest BCUT2D eigenvalue weighted by atomic mass is 9.92. The van der Waals surface area contributed by atoms with Gasteiger partial charge in [0.05, 0.1) is 11.5 Å². The zero-order valence-electron chi connectivity index (χ0n) is 15.3. The Kier molecular flexibility index (Phi) is 4.47. The summed E-state index contributed by atoms with van der Waals surface area (Å²) in [5.74, 6) is 0.913. The van der Waals surface area contributed by atoms with Gasteiger partial charge in [-0.15, -0.1) is 14.8 Å². The molecule has 9 nitrogen and oxygen atoms in total. The number of anilines is 1. The van der Waals surface area contributed by atoms with E-state index in [9.17, 15) is 4.79 Å². The van der Waals surface area contributed by atoms with Crippen LogP contribution in [0.3, 0.4) is 0 Å². The molecule has 4 rings (SSSR count). The van der Waals surface area contributed by atoms with Crippen molar-refractivity contribution >= 4 is 17.4 Å². The Balaban J connectivity index is 1.40. The second-order valence-electron chi connectivity index (χ2n) is 7.81. The van der Waals surface area contributed by atoms with Crippen LogP contribution in [-0.2, 0) is 9.53 Å². The number of hydrogen-bond acceptors (Lipinski definition) is 7. The van der Waals surface area contributed by atoms with E-state index in [1.165, 1.54) is 4.63 Å². The van der Waals surface area contributed by atoms with E-state index in [0.29, 0.717) is 18.8 Å². The molecule has 0 spiro atoms. The van der Waals surface area contributed by atoms with Gasteiger partial charge in [-0.25, -0.2) is 0 Å². The molecule has 26 heavy (non-hydrogen) atoms. The highest BCUT2D eigenvalue weighted by Gasteiger charge is 2.32. The Morgan fingerprint density at radius 3 is 3.08 bits per heavy atom. The van der Waals surface area contributed by atoms with Gasteiger partial charge < -0.3 is 15.0 Å². The lowest BCUT2D eigenvalue weighted by Crippen LogP contribution is -2.50. The van der Waals surface area contributed by atoms with Crippen molar-refractivity contribution < 1.29 is 9.53 Å². The number of amides is 1. The van der Waals surface area contributed by atoms with E-state index in [4.69, 9.17) is 4.74 Å². The van der Waals surface area contributed by atoms with Crippen LogP contribution in [0.4, 0.5) is 5.82 Å². The third kappa shape index (κ3) is 3.62. The molecule has 2 aliphatic heterocycles. The summed E-state index contributed by atoms with van der Waals surface area (Å²) in [4.78, 5) is 14.9. The first kappa shape index (κ1) is 17.1. The molecule has 1 N–H and O–H groups in total. The average Bonchev–Trinajstić information content (AvgIpc) is 3.08.